The normalized spacial score (nSPS) is 11.0. The van der Waals surface area contributed by atoms with Crippen LogP contribution in [0.2, 0.25) is 0 Å². The molecule has 0 aliphatic heterocycles. The van der Waals surface area contributed by atoms with Gasteiger partial charge in [-0.2, -0.15) is 0 Å². The van der Waals surface area contributed by atoms with Gasteiger partial charge in [-0.15, -0.1) is 21.5 Å². The highest BCUT2D eigenvalue weighted by Crippen LogP contribution is 2.28. The molecule has 0 aliphatic carbocycles. The lowest BCUT2D eigenvalue weighted by atomic mass is 10.1. The molecule has 2 heterocycles. The minimum absolute atomic E-state index is 0.781. The van der Waals surface area contributed by atoms with Crippen molar-refractivity contribution in [3.63, 3.8) is 0 Å². The van der Waals surface area contributed by atoms with E-state index in [0.717, 1.165) is 38.6 Å². The quantitative estimate of drug-likeness (QED) is 0.447. The zero-order chi connectivity index (χ0) is 17.9. The molecule has 0 unspecified atom stereocenters. The molecule has 0 amide bonds. The summed E-state index contributed by atoms with van der Waals surface area (Å²) in [7, 11) is 2.01. The standard InChI is InChI=1S/C20H18N4S2/c1-14-7-6-10-16(11-14)18-22-23-20(24(18)2)26-13-17-12-25-19(21-17)15-8-4-3-5-9-15/h3-12H,13H2,1-2H3. The summed E-state index contributed by atoms with van der Waals surface area (Å²) >= 11 is 3.34. The molecule has 0 N–H and O–H groups in total. The predicted octanol–water partition coefficient (Wildman–Crippen LogP) is 5.21. The summed E-state index contributed by atoms with van der Waals surface area (Å²) in [5.74, 6) is 1.67. The number of aryl methyl sites for hydroxylation is 1. The molecule has 0 bridgehead atoms. The molecule has 4 rings (SSSR count). The van der Waals surface area contributed by atoms with Crippen molar-refractivity contribution in [2.24, 2.45) is 7.05 Å². The van der Waals surface area contributed by atoms with Crippen molar-refractivity contribution in [2.45, 2.75) is 17.8 Å². The predicted molar refractivity (Wildman–Crippen MR) is 108 cm³/mol. The molecule has 2 aromatic heterocycles. The molecule has 26 heavy (non-hydrogen) atoms. The Labute approximate surface area is 161 Å². The molecular formula is C20H18N4S2. The van der Waals surface area contributed by atoms with Crippen molar-refractivity contribution in [3.05, 3.63) is 71.2 Å². The van der Waals surface area contributed by atoms with Crippen molar-refractivity contribution in [1.29, 1.82) is 0 Å². The molecule has 2 aromatic carbocycles. The summed E-state index contributed by atoms with van der Waals surface area (Å²) in [6.45, 7) is 2.09. The smallest absolute Gasteiger partial charge is 0.191 e. The molecule has 0 saturated carbocycles. The van der Waals surface area contributed by atoms with Crippen LogP contribution in [0.1, 0.15) is 11.3 Å². The highest BCUT2D eigenvalue weighted by Gasteiger charge is 2.12. The van der Waals surface area contributed by atoms with Crippen LogP contribution >= 0.6 is 23.1 Å². The van der Waals surface area contributed by atoms with Crippen molar-refractivity contribution in [1.82, 2.24) is 19.7 Å². The number of nitrogens with zero attached hydrogens (tertiary/aromatic N) is 4. The van der Waals surface area contributed by atoms with E-state index in [1.807, 2.05) is 35.9 Å². The Bertz CT molecular complexity index is 1020. The van der Waals surface area contributed by atoms with E-state index in [4.69, 9.17) is 4.98 Å². The van der Waals surface area contributed by atoms with Gasteiger partial charge in [-0.05, 0) is 13.0 Å². The third-order valence-corrected chi connectivity index (χ3v) is 6.03. The van der Waals surface area contributed by atoms with Crippen LogP contribution in [-0.4, -0.2) is 19.7 Å². The number of benzene rings is 2. The average Bonchev–Trinajstić information content (AvgIpc) is 3.28. The van der Waals surface area contributed by atoms with Gasteiger partial charge in [0.05, 0.1) is 5.69 Å². The van der Waals surface area contributed by atoms with Gasteiger partial charge in [-0.25, -0.2) is 4.98 Å². The second-order valence-corrected chi connectivity index (χ2v) is 7.83. The van der Waals surface area contributed by atoms with Crippen molar-refractivity contribution in [2.75, 3.05) is 0 Å². The minimum atomic E-state index is 0.781. The average molecular weight is 379 g/mol. The highest BCUT2D eigenvalue weighted by molar-refractivity contribution is 7.98. The molecule has 0 spiro atoms. The SMILES string of the molecule is Cc1cccc(-c2nnc(SCc3csc(-c4ccccc4)n3)n2C)c1. The number of hydrogen-bond acceptors (Lipinski definition) is 5. The molecule has 4 nitrogen and oxygen atoms in total. The Balaban J connectivity index is 1.48. The van der Waals surface area contributed by atoms with Crippen LogP contribution in [0, 0.1) is 6.92 Å². The second kappa shape index (κ2) is 7.43. The Kier molecular flexibility index (Phi) is 4.86. The molecule has 4 aromatic rings. The van der Waals surface area contributed by atoms with Gasteiger partial charge in [0.25, 0.3) is 0 Å². The molecular weight excluding hydrogens is 360 g/mol. The summed E-state index contributed by atoms with van der Waals surface area (Å²) in [5, 5.41) is 12.8. The van der Waals surface area contributed by atoms with Crippen LogP contribution in [0.3, 0.4) is 0 Å². The summed E-state index contributed by atoms with van der Waals surface area (Å²) < 4.78 is 2.05. The number of rotatable bonds is 5. The Morgan fingerprint density at radius 2 is 1.81 bits per heavy atom. The first-order chi connectivity index (χ1) is 12.7. The molecule has 0 saturated heterocycles. The van der Waals surface area contributed by atoms with Gasteiger partial charge in [0.2, 0.25) is 0 Å². The lowest BCUT2D eigenvalue weighted by Gasteiger charge is -2.04. The van der Waals surface area contributed by atoms with E-state index >= 15 is 0 Å². The highest BCUT2D eigenvalue weighted by atomic mass is 32.2. The van der Waals surface area contributed by atoms with E-state index in [1.165, 1.54) is 5.56 Å². The molecule has 6 heteroatoms. The van der Waals surface area contributed by atoms with Crippen molar-refractivity contribution in [3.8, 4) is 22.0 Å². The monoisotopic (exact) mass is 378 g/mol. The first-order valence-electron chi connectivity index (χ1n) is 8.30. The van der Waals surface area contributed by atoms with E-state index in [9.17, 15) is 0 Å². The van der Waals surface area contributed by atoms with Gasteiger partial charge < -0.3 is 4.57 Å². The number of hydrogen-bond donors (Lipinski definition) is 0. The van der Waals surface area contributed by atoms with E-state index in [0.29, 0.717) is 0 Å². The van der Waals surface area contributed by atoms with Crippen molar-refractivity contribution < 1.29 is 0 Å². The van der Waals surface area contributed by atoms with Gasteiger partial charge in [-0.3, -0.25) is 0 Å². The summed E-state index contributed by atoms with van der Waals surface area (Å²) in [6.07, 6.45) is 0. The van der Waals surface area contributed by atoms with Gasteiger partial charge in [0.15, 0.2) is 11.0 Å². The van der Waals surface area contributed by atoms with Crippen LogP contribution < -0.4 is 0 Å². The molecule has 0 atom stereocenters. The maximum Gasteiger partial charge on any atom is 0.191 e. The first kappa shape index (κ1) is 17.0. The van der Waals surface area contributed by atoms with E-state index in [2.05, 4.69) is 52.8 Å². The van der Waals surface area contributed by atoms with E-state index in [1.54, 1.807) is 23.1 Å². The Morgan fingerprint density at radius 3 is 2.62 bits per heavy atom. The van der Waals surface area contributed by atoms with E-state index in [-0.39, 0.29) is 0 Å². The largest absolute Gasteiger partial charge is 0.305 e. The Morgan fingerprint density at radius 1 is 1.00 bits per heavy atom. The lowest BCUT2D eigenvalue weighted by molar-refractivity contribution is 0.793. The molecule has 0 aliphatic rings. The molecule has 130 valence electrons. The van der Waals surface area contributed by atoms with Crippen LogP contribution in [0.5, 0.6) is 0 Å². The van der Waals surface area contributed by atoms with Crippen molar-refractivity contribution >= 4 is 23.1 Å². The fourth-order valence-electron chi connectivity index (χ4n) is 2.70. The summed E-state index contributed by atoms with van der Waals surface area (Å²) in [5.41, 5.74) is 4.54. The zero-order valence-corrected chi connectivity index (χ0v) is 16.2. The number of aromatic nitrogens is 4. The van der Waals surface area contributed by atoms with E-state index < -0.39 is 0 Å². The molecule has 0 fully saturated rings. The minimum Gasteiger partial charge on any atom is -0.305 e. The number of thioether (sulfide) groups is 1. The maximum absolute atomic E-state index is 4.74. The summed E-state index contributed by atoms with van der Waals surface area (Å²) in [6, 6.07) is 18.6. The Hall–Kier alpha value is -2.44. The van der Waals surface area contributed by atoms with Gasteiger partial charge in [0, 0.05) is 29.3 Å². The first-order valence-corrected chi connectivity index (χ1v) is 10.2. The molecule has 0 radical (unpaired) electrons. The maximum atomic E-state index is 4.74. The van der Waals surface area contributed by atoms with Gasteiger partial charge in [-0.1, -0.05) is 65.9 Å². The van der Waals surface area contributed by atoms with Crippen LogP contribution in [0.4, 0.5) is 0 Å². The van der Waals surface area contributed by atoms with Crippen LogP contribution in [-0.2, 0) is 12.8 Å². The van der Waals surface area contributed by atoms with Crippen LogP contribution in [0.15, 0.2) is 65.1 Å². The van der Waals surface area contributed by atoms with Gasteiger partial charge in [0.1, 0.15) is 5.01 Å². The second-order valence-electron chi connectivity index (χ2n) is 6.03. The topological polar surface area (TPSA) is 43.6 Å². The third kappa shape index (κ3) is 3.57. The van der Waals surface area contributed by atoms with Crippen LogP contribution in [0.25, 0.3) is 22.0 Å². The third-order valence-electron chi connectivity index (χ3n) is 4.03. The fraction of sp³-hybridized carbons (Fsp3) is 0.150. The summed E-state index contributed by atoms with van der Waals surface area (Å²) in [4.78, 5) is 4.74. The van der Waals surface area contributed by atoms with Gasteiger partial charge >= 0.3 is 0 Å². The number of thiazole rings is 1. The lowest BCUT2D eigenvalue weighted by Crippen LogP contribution is -1.95. The fourth-order valence-corrected chi connectivity index (χ4v) is 4.44. The zero-order valence-electron chi connectivity index (χ0n) is 14.6.